The molecule has 2 aromatic carbocycles. The van der Waals surface area contributed by atoms with Gasteiger partial charge >= 0.3 is 6.03 Å². The van der Waals surface area contributed by atoms with Gasteiger partial charge in [0.1, 0.15) is 0 Å². The van der Waals surface area contributed by atoms with E-state index in [9.17, 15) is 13.2 Å². The average Bonchev–Trinajstić information content (AvgIpc) is 2.55. The summed E-state index contributed by atoms with van der Waals surface area (Å²) >= 11 is 0. The minimum Gasteiger partial charge on any atom is -0.338 e. The van der Waals surface area contributed by atoms with Crippen molar-refractivity contribution in [1.29, 1.82) is 0 Å². The summed E-state index contributed by atoms with van der Waals surface area (Å²) in [5.41, 5.74) is 2.67. The van der Waals surface area contributed by atoms with E-state index in [1.165, 1.54) is 0 Å². The van der Waals surface area contributed by atoms with E-state index in [2.05, 4.69) is 10.6 Å². The molecule has 0 saturated carbocycles. The van der Waals surface area contributed by atoms with E-state index < -0.39 is 9.84 Å². The third kappa shape index (κ3) is 3.94. The molecule has 0 radical (unpaired) electrons. The first-order valence-corrected chi connectivity index (χ1v) is 9.64. The van der Waals surface area contributed by atoms with Crippen LogP contribution in [-0.2, 0) is 22.7 Å². The third-order valence-electron chi connectivity index (χ3n) is 4.05. The summed E-state index contributed by atoms with van der Waals surface area (Å²) in [6.45, 7) is 0.490. The minimum atomic E-state index is -3.11. The molecule has 3 rings (SSSR count). The lowest BCUT2D eigenvalue weighted by molar-refractivity contribution is 0.252. The molecule has 0 aromatic heterocycles. The number of rotatable bonds is 4. The van der Waals surface area contributed by atoms with Gasteiger partial charge in [-0.25, -0.2) is 13.2 Å². The van der Waals surface area contributed by atoms with Gasteiger partial charge < -0.3 is 10.6 Å². The zero-order valence-electron chi connectivity index (χ0n) is 13.3. The molecule has 2 amide bonds. The summed E-state index contributed by atoms with van der Waals surface area (Å²) in [5.74, 6) is 0.237. The number of carbonyl (C=O) groups is 1. The lowest BCUT2D eigenvalue weighted by Crippen LogP contribution is -2.30. The average molecular weight is 344 g/mol. The predicted molar refractivity (Wildman–Crippen MR) is 94.0 cm³/mol. The Hall–Kier alpha value is -2.34. The molecule has 0 unspecified atom stereocenters. The van der Waals surface area contributed by atoms with E-state index in [-0.39, 0.29) is 11.8 Å². The van der Waals surface area contributed by atoms with Gasteiger partial charge in [-0.15, -0.1) is 0 Å². The summed E-state index contributed by atoms with van der Waals surface area (Å²) in [6.07, 6.45) is 2.14. The number of urea groups is 1. The maximum atomic E-state index is 12.0. The standard InChI is InChI=1S/C18H20N2O3S/c21-18(20-16-6-2-1-3-7-16)19-11-10-14-8-9-17-15(13-14)5-4-12-24(17,22)23/h1-3,6-9,13H,4-5,10-12H2,(H2,19,20,21). The Balaban J connectivity index is 1.55. The monoisotopic (exact) mass is 344 g/mol. The van der Waals surface area contributed by atoms with Crippen LogP contribution in [-0.4, -0.2) is 26.7 Å². The van der Waals surface area contributed by atoms with Crippen LogP contribution in [0.5, 0.6) is 0 Å². The number of amides is 2. The van der Waals surface area contributed by atoms with Crippen LogP contribution >= 0.6 is 0 Å². The van der Waals surface area contributed by atoms with E-state index in [0.29, 0.717) is 24.3 Å². The Morgan fingerprint density at radius 1 is 1.08 bits per heavy atom. The van der Waals surface area contributed by atoms with Crippen molar-refractivity contribution in [2.45, 2.75) is 24.2 Å². The van der Waals surface area contributed by atoms with Crippen LogP contribution in [0.2, 0.25) is 0 Å². The Morgan fingerprint density at radius 2 is 1.88 bits per heavy atom. The van der Waals surface area contributed by atoms with Crippen molar-refractivity contribution >= 4 is 21.6 Å². The number of fused-ring (bicyclic) bond motifs is 1. The van der Waals surface area contributed by atoms with Crippen molar-refractivity contribution in [1.82, 2.24) is 5.32 Å². The van der Waals surface area contributed by atoms with Crippen molar-refractivity contribution in [3.63, 3.8) is 0 Å². The van der Waals surface area contributed by atoms with Crippen LogP contribution in [0, 0.1) is 0 Å². The van der Waals surface area contributed by atoms with Crippen LogP contribution in [0.3, 0.4) is 0 Å². The highest BCUT2D eigenvalue weighted by atomic mass is 32.2. The molecule has 2 N–H and O–H groups in total. The molecule has 1 aliphatic heterocycles. The number of benzene rings is 2. The third-order valence-corrected chi connectivity index (χ3v) is 5.94. The Labute approximate surface area is 142 Å². The topological polar surface area (TPSA) is 75.3 Å². The largest absolute Gasteiger partial charge is 0.338 e. The highest BCUT2D eigenvalue weighted by molar-refractivity contribution is 7.91. The quantitative estimate of drug-likeness (QED) is 0.895. The Morgan fingerprint density at radius 3 is 2.67 bits per heavy atom. The summed E-state index contributed by atoms with van der Waals surface area (Å²) in [7, 11) is -3.11. The van der Waals surface area contributed by atoms with Crippen molar-refractivity contribution in [2.75, 3.05) is 17.6 Å². The fraction of sp³-hybridized carbons (Fsp3) is 0.278. The molecule has 6 heteroatoms. The smallest absolute Gasteiger partial charge is 0.319 e. The zero-order chi connectivity index (χ0) is 17.0. The van der Waals surface area contributed by atoms with Crippen LogP contribution in [0.15, 0.2) is 53.4 Å². The first-order chi connectivity index (χ1) is 11.5. The maximum absolute atomic E-state index is 12.0. The van der Waals surface area contributed by atoms with Crippen LogP contribution in [0.1, 0.15) is 17.5 Å². The lowest BCUT2D eigenvalue weighted by atomic mass is 10.0. The van der Waals surface area contributed by atoms with Crippen molar-refractivity contribution in [3.8, 4) is 0 Å². The fourth-order valence-electron chi connectivity index (χ4n) is 2.87. The number of nitrogens with one attached hydrogen (secondary N) is 2. The molecule has 2 aromatic rings. The van der Waals surface area contributed by atoms with Gasteiger partial charge in [0.25, 0.3) is 0 Å². The molecular formula is C18H20N2O3S. The number of hydrogen-bond acceptors (Lipinski definition) is 3. The summed E-state index contributed by atoms with van der Waals surface area (Å²) in [5, 5.41) is 5.57. The number of anilines is 1. The van der Waals surface area contributed by atoms with Crippen LogP contribution in [0.4, 0.5) is 10.5 Å². The molecule has 5 nitrogen and oxygen atoms in total. The second-order valence-corrected chi connectivity index (χ2v) is 7.94. The number of sulfone groups is 1. The Kier molecular flexibility index (Phi) is 4.85. The molecule has 0 atom stereocenters. The molecular weight excluding hydrogens is 324 g/mol. The van der Waals surface area contributed by atoms with Gasteiger partial charge in [0.15, 0.2) is 9.84 Å². The van der Waals surface area contributed by atoms with E-state index in [0.717, 1.165) is 23.2 Å². The number of carbonyl (C=O) groups excluding carboxylic acids is 1. The normalized spacial score (nSPS) is 15.3. The number of hydrogen-bond donors (Lipinski definition) is 2. The molecule has 24 heavy (non-hydrogen) atoms. The number of aryl methyl sites for hydroxylation is 1. The van der Waals surface area contributed by atoms with E-state index in [4.69, 9.17) is 0 Å². The molecule has 1 aliphatic rings. The van der Waals surface area contributed by atoms with Gasteiger partial charge in [0, 0.05) is 12.2 Å². The summed E-state index contributed by atoms with van der Waals surface area (Å²) in [6, 6.07) is 14.5. The van der Waals surface area contributed by atoms with Crippen molar-refractivity contribution in [2.24, 2.45) is 0 Å². The van der Waals surface area contributed by atoms with E-state index in [1.54, 1.807) is 6.07 Å². The van der Waals surface area contributed by atoms with Crippen molar-refractivity contribution in [3.05, 3.63) is 59.7 Å². The van der Waals surface area contributed by atoms with Gasteiger partial charge in [0.05, 0.1) is 10.6 Å². The molecule has 126 valence electrons. The molecule has 1 heterocycles. The molecule has 0 bridgehead atoms. The molecule has 0 fully saturated rings. The van der Waals surface area contributed by atoms with E-state index in [1.807, 2.05) is 42.5 Å². The van der Waals surface area contributed by atoms with Gasteiger partial charge in [-0.1, -0.05) is 30.3 Å². The van der Waals surface area contributed by atoms with Gasteiger partial charge in [0.2, 0.25) is 0 Å². The lowest BCUT2D eigenvalue weighted by Gasteiger charge is -2.17. The second-order valence-electron chi connectivity index (χ2n) is 5.86. The first kappa shape index (κ1) is 16.5. The predicted octanol–water partition coefficient (Wildman–Crippen LogP) is 2.77. The minimum absolute atomic E-state index is 0.237. The zero-order valence-corrected chi connectivity index (χ0v) is 14.1. The molecule has 0 saturated heterocycles. The molecule has 0 aliphatic carbocycles. The van der Waals surface area contributed by atoms with Crippen LogP contribution in [0.25, 0.3) is 0 Å². The SMILES string of the molecule is O=C(NCCc1ccc2c(c1)CCCS2(=O)=O)Nc1ccccc1. The Bertz CT molecular complexity index is 833. The summed E-state index contributed by atoms with van der Waals surface area (Å²) < 4.78 is 24.0. The van der Waals surface area contributed by atoms with Crippen molar-refractivity contribution < 1.29 is 13.2 Å². The first-order valence-electron chi connectivity index (χ1n) is 7.99. The second kappa shape index (κ2) is 7.05. The maximum Gasteiger partial charge on any atom is 0.319 e. The van der Waals surface area contributed by atoms with Gasteiger partial charge in [-0.3, -0.25) is 0 Å². The van der Waals surface area contributed by atoms with Gasteiger partial charge in [-0.05, 0) is 48.6 Å². The van der Waals surface area contributed by atoms with Crippen LogP contribution < -0.4 is 10.6 Å². The fourth-order valence-corrected chi connectivity index (χ4v) is 4.45. The highest BCUT2D eigenvalue weighted by Gasteiger charge is 2.23. The highest BCUT2D eigenvalue weighted by Crippen LogP contribution is 2.25. The van der Waals surface area contributed by atoms with Gasteiger partial charge in [-0.2, -0.15) is 0 Å². The molecule has 0 spiro atoms. The number of para-hydroxylation sites is 1. The van der Waals surface area contributed by atoms with E-state index >= 15 is 0 Å². The summed E-state index contributed by atoms with van der Waals surface area (Å²) in [4.78, 5) is 12.3.